The summed E-state index contributed by atoms with van der Waals surface area (Å²) in [5, 5.41) is 6.29. The Balaban J connectivity index is 1.37. The molecule has 1 heterocycles. The topological polar surface area (TPSA) is 100 Å². The number of carbonyl (C=O) groups is 3. The number of aromatic nitrogens is 1. The van der Waals surface area contributed by atoms with Crippen LogP contribution in [-0.2, 0) is 32.0 Å². The molecule has 0 saturated heterocycles. The number of aryl methyl sites for hydroxylation is 2. The summed E-state index contributed by atoms with van der Waals surface area (Å²) in [6, 6.07) is 15.3. The molecule has 30 heavy (non-hydrogen) atoms. The Morgan fingerprint density at radius 3 is 2.57 bits per heavy atom. The number of fused-ring (bicyclic) bond motifs is 1. The molecule has 0 saturated carbocycles. The number of rotatable bonds is 9. The number of hydrogen-bond acceptors (Lipinski definition) is 4. The van der Waals surface area contributed by atoms with Gasteiger partial charge in [-0.3, -0.25) is 14.4 Å². The molecule has 7 nitrogen and oxygen atoms in total. The van der Waals surface area contributed by atoms with Crippen molar-refractivity contribution >= 4 is 34.4 Å². The Hall–Kier alpha value is -3.61. The molecule has 3 rings (SSSR count). The average molecular weight is 407 g/mol. The van der Waals surface area contributed by atoms with Crippen molar-refractivity contribution in [3.8, 4) is 0 Å². The summed E-state index contributed by atoms with van der Waals surface area (Å²) in [6.07, 6.45) is 3.35. The zero-order chi connectivity index (χ0) is 21.3. The predicted octanol–water partition coefficient (Wildman–Crippen LogP) is 2.96. The van der Waals surface area contributed by atoms with Crippen molar-refractivity contribution in [3.05, 3.63) is 65.9 Å². The van der Waals surface area contributed by atoms with Gasteiger partial charge in [-0.2, -0.15) is 0 Å². The normalized spacial score (nSPS) is 10.6. The van der Waals surface area contributed by atoms with Gasteiger partial charge in [0.2, 0.25) is 5.91 Å². The first kappa shape index (κ1) is 21.1. The maximum Gasteiger partial charge on any atom is 0.306 e. The highest BCUT2D eigenvalue weighted by atomic mass is 16.5. The molecule has 7 heteroatoms. The SMILES string of the molecule is CCc1ccccc1NC(=O)CNC(=O)COC(=O)CCc1c[nH]c2ccccc12. The van der Waals surface area contributed by atoms with Crippen LogP contribution in [0.1, 0.15) is 24.5 Å². The quantitative estimate of drug-likeness (QED) is 0.475. The first-order valence-corrected chi connectivity index (χ1v) is 9.92. The lowest BCUT2D eigenvalue weighted by atomic mass is 10.1. The minimum Gasteiger partial charge on any atom is -0.456 e. The molecule has 3 aromatic rings. The summed E-state index contributed by atoms with van der Waals surface area (Å²) in [4.78, 5) is 39.0. The van der Waals surface area contributed by atoms with Gasteiger partial charge >= 0.3 is 5.97 Å². The number of ether oxygens (including phenoxy) is 1. The third-order valence-corrected chi connectivity index (χ3v) is 4.76. The fourth-order valence-electron chi connectivity index (χ4n) is 3.17. The fraction of sp³-hybridized carbons (Fsp3) is 0.261. The molecular formula is C23H25N3O4. The molecule has 0 spiro atoms. The highest BCUT2D eigenvalue weighted by Crippen LogP contribution is 2.19. The zero-order valence-corrected chi connectivity index (χ0v) is 16.9. The second-order valence-electron chi connectivity index (χ2n) is 6.86. The number of para-hydroxylation sites is 2. The summed E-state index contributed by atoms with van der Waals surface area (Å²) >= 11 is 0. The summed E-state index contributed by atoms with van der Waals surface area (Å²) < 4.78 is 5.01. The van der Waals surface area contributed by atoms with Crippen LogP contribution >= 0.6 is 0 Å². The third-order valence-electron chi connectivity index (χ3n) is 4.76. The smallest absolute Gasteiger partial charge is 0.306 e. The van der Waals surface area contributed by atoms with Gasteiger partial charge in [0.1, 0.15) is 0 Å². The molecule has 0 radical (unpaired) electrons. The van der Waals surface area contributed by atoms with Gasteiger partial charge in [-0.15, -0.1) is 0 Å². The van der Waals surface area contributed by atoms with Gasteiger partial charge in [-0.05, 0) is 36.1 Å². The second kappa shape index (κ2) is 10.2. The summed E-state index contributed by atoms with van der Waals surface area (Å²) in [6.45, 7) is 1.40. The molecule has 2 aromatic carbocycles. The van der Waals surface area contributed by atoms with E-state index in [0.717, 1.165) is 34.1 Å². The van der Waals surface area contributed by atoms with E-state index in [-0.39, 0.29) is 18.9 Å². The molecule has 0 aliphatic rings. The Labute approximate surface area is 174 Å². The number of amides is 2. The average Bonchev–Trinajstić information content (AvgIpc) is 3.18. The van der Waals surface area contributed by atoms with E-state index in [1.54, 1.807) is 0 Å². The summed E-state index contributed by atoms with van der Waals surface area (Å²) in [5.74, 6) is -1.32. The van der Waals surface area contributed by atoms with Crippen molar-refractivity contribution in [2.45, 2.75) is 26.2 Å². The molecule has 156 valence electrons. The largest absolute Gasteiger partial charge is 0.456 e. The molecule has 0 fully saturated rings. The Morgan fingerprint density at radius 1 is 0.967 bits per heavy atom. The minimum atomic E-state index is -0.519. The maximum absolute atomic E-state index is 12.0. The van der Waals surface area contributed by atoms with Crippen molar-refractivity contribution in [1.82, 2.24) is 10.3 Å². The van der Waals surface area contributed by atoms with Gasteiger partial charge in [0.25, 0.3) is 5.91 Å². The van der Waals surface area contributed by atoms with Gasteiger partial charge in [0.15, 0.2) is 6.61 Å². The zero-order valence-electron chi connectivity index (χ0n) is 16.9. The van der Waals surface area contributed by atoms with Crippen molar-refractivity contribution < 1.29 is 19.1 Å². The first-order valence-electron chi connectivity index (χ1n) is 9.92. The van der Waals surface area contributed by atoms with Crippen molar-refractivity contribution in [1.29, 1.82) is 0 Å². The lowest BCUT2D eigenvalue weighted by Crippen LogP contribution is -2.35. The van der Waals surface area contributed by atoms with Crippen molar-refractivity contribution in [3.63, 3.8) is 0 Å². The predicted molar refractivity (Wildman–Crippen MR) is 115 cm³/mol. The van der Waals surface area contributed by atoms with Crippen LogP contribution in [0.25, 0.3) is 10.9 Å². The number of anilines is 1. The summed E-state index contributed by atoms with van der Waals surface area (Å²) in [7, 11) is 0. The molecule has 0 unspecified atom stereocenters. The van der Waals surface area contributed by atoms with E-state index in [0.29, 0.717) is 6.42 Å². The van der Waals surface area contributed by atoms with E-state index in [9.17, 15) is 14.4 Å². The van der Waals surface area contributed by atoms with E-state index < -0.39 is 18.5 Å². The van der Waals surface area contributed by atoms with Crippen LogP contribution in [0.3, 0.4) is 0 Å². The van der Waals surface area contributed by atoms with Gasteiger partial charge in [-0.1, -0.05) is 43.3 Å². The number of aromatic amines is 1. The Kier molecular flexibility index (Phi) is 7.21. The number of H-pyrrole nitrogens is 1. The standard InChI is InChI=1S/C23H25N3O4/c1-2-16-7-3-5-9-19(16)26-21(27)14-25-22(28)15-30-23(29)12-11-17-13-24-20-10-6-4-8-18(17)20/h3-10,13,24H,2,11-12,14-15H2,1H3,(H,25,28)(H,26,27). The van der Waals surface area contributed by atoms with Crippen LogP contribution in [0.5, 0.6) is 0 Å². The third kappa shape index (κ3) is 5.70. The summed E-state index contributed by atoms with van der Waals surface area (Å²) in [5.41, 5.74) is 3.78. The molecule has 0 aliphatic carbocycles. The second-order valence-corrected chi connectivity index (χ2v) is 6.86. The molecule has 3 N–H and O–H groups in total. The Morgan fingerprint density at radius 2 is 1.73 bits per heavy atom. The van der Waals surface area contributed by atoms with Crippen LogP contribution in [0, 0.1) is 0 Å². The monoisotopic (exact) mass is 407 g/mol. The van der Waals surface area contributed by atoms with Crippen molar-refractivity contribution in [2.24, 2.45) is 0 Å². The fourth-order valence-corrected chi connectivity index (χ4v) is 3.17. The number of nitrogens with one attached hydrogen (secondary N) is 3. The number of hydrogen-bond donors (Lipinski definition) is 3. The van der Waals surface area contributed by atoms with Crippen LogP contribution in [0.15, 0.2) is 54.7 Å². The number of benzene rings is 2. The minimum absolute atomic E-state index is 0.170. The maximum atomic E-state index is 12.0. The molecule has 0 atom stereocenters. The van der Waals surface area contributed by atoms with Crippen LogP contribution in [0.2, 0.25) is 0 Å². The van der Waals surface area contributed by atoms with Crippen molar-refractivity contribution in [2.75, 3.05) is 18.5 Å². The van der Waals surface area contributed by atoms with E-state index in [2.05, 4.69) is 15.6 Å². The molecule has 0 bridgehead atoms. The van der Waals surface area contributed by atoms with E-state index in [1.165, 1.54) is 0 Å². The van der Waals surface area contributed by atoms with E-state index in [4.69, 9.17) is 4.74 Å². The molecular weight excluding hydrogens is 382 g/mol. The van der Waals surface area contributed by atoms with E-state index >= 15 is 0 Å². The van der Waals surface area contributed by atoms with Crippen LogP contribution < -0.4 is 10.6 Å². The molecule has 2 amide bonds. The molecule has 1 aromatic heterocycles. The number of esters is 1. The van der Waals surface area contributed by atoms with Gasteiger partial charge < -0.3 is 20.4 Å². The van der Waals surface area contributed by atoms with Gasteiger partial charge in [0.05, 0.1) is 6.54 Å². The lowest BCUT2D eigenvalue weighted by Gasteiger charge is -2.10. The highest BCUT2D eigenvalue weighted by molar-refractivity contribution is 5.95. The van der Waals surface area contributed by atoms with Crippen LogP contribution in [0.4, 0.5) is 5.69 Å². The lowest BCUT2D eigenvalue weighted by molar-refractivity contribution is -0.148. The van der Waals surface area contributed by atoms with E-state index in [1.807, 2.05) is 61.7 Å². The highest BCUT2D eigenvalue weighted by Gasteiger charge is 2.12. The molecule has 0 aliphatic heterocycles. The van der Waals surface area contributed by atoms with Gasteiger partial charge in [-0.25, -0.2) is 0 Å². The van der Waals surface area contributed by atoms with Gasteiger partial charge in [0, 0.05) is 29.2 Å². The Bertz CT molecular complexity index is 1040. The first-order chi connectivity index (χ1) is 14.6. The van der Waals surface area contributed by atoms with Crippen LogP contribution in [-0.4, -0.2) is 35.9 Å². The number of carbonyl (C=O) groups excluding carboxylic acids is 3.